The Hall–Kier alpha value is 0.00870. The second-order valence-corrected chi connectivity index (χ2v) is 20.6. The van der Waals surface area contributed by atoms with Gasteiger partial charge in [-0.05, 0) is 0 Å². The first-order valence-corrected chi connectivity index (χ1v) is 17.3. The van der Waals surface area contributed by atoms with Gasteiger partial charge in [0.05, 0.1) is 0 Å². The van der Waals surface area contributed by atoms with E-state index in [0.29, 0.717) is 6.42 Å². The van der Waals surface area contributed by atoms with Crippen LogP contribution in [0.5, 0.6) is 0 Å². The predicted octanol–water partition coefficient (Wildman–Crippen LogP) is 6.66. The van der Waals surface area contributed by atoms with Crippen molar-refractivity contribution in [2.45, 2.75) is 98.3 Å². The number of hydrogen-bond acceptors (Lipinski definition) is 2. The molecule has 0 heterocycles. The Kier molecular flexibility index (Phi) is 14.4. The zero-order chi connectivity index (χ0) is 17.6. The van der Waals surface area contributed by atoms with E-state index in [9.17, 15) is 4.79 Å². The first-order chi connectivity index (χ1) is 11.1. The summed E-state index contributed by atoms with van der Waals surface area (Å²) in [7, 11) is 1.48. The molecule has 0 bridgehead atoms. The molecular formula is C20H40O2Sn. The zero-order valence-electron chi connectivity index (χ0n) is 16.2. The summed E-state index contributed by atoms with van der Waals surface area (Å²) in [6.45, 7) is 11.5. The molecule has 136 valence electrons. The molecule has 0 aromatic carbocycles. The minimum atomic E-state index is -2.23. The van der Waals surface area contributed by atoms with Crippen molar-refractivity contribution in [3.63, 3.8) is 0 Å². The Morgan fingerprint density at radius 1 is 0.826 bits per heavy atom. The summed E-state index contributed by atoms with van der Waals surface area (Å²) in [6.07, 6.45) is 11.9. The summed E-state index contributed by atoms with van der Waals surface area (Å²) < 4.78 is 10.9. The molecule has 0 N–H and O–H groups in total. The molecule has 0 aliphatic heterocycles. The van der Waals surface area contributed by atoms with Crippen molar-refractivity contribution >= 4 is 24.3 Å². The Morgan fingerprint density at radius 2 is 1.26 bits per heavy atom. The van der Waals surface area contributed by atoms with Gasteiger partial charge in [-0.2, -0.15) is 0 Å². The maximum atomic E-state index is 11.2. The van der Waals surface area contributed by atoms with Gasteiger partial charge >= 0.3 is 149 Å². The molecule has 0 spiro atoms. The quantitative estimate of drug-likeness (QED) is 0.165. The summed E-state index contributed by atoms with van der Waals surface area (Å²) >= 11 is -2.23. The fourth-order valence-electron chi connectivity index (χ4n) is 3.43. The average molecular weight is 431 g/mol. The van der Waals surface area contributed by atoms with Gasteiger partial charge in [0, 0.05) is 0 Å². The van der Waals surface area contributed by atoms with Crippen molar-refractivity contribution in [1.29, 1.82) is 0 Å². The van der Waals surface area contributed by atoms with Crippen LogP contribution in [-0.4, -0.2) is 31.5 Å². The third-order valence-electron chi connectivity index (χ3n) is 5.11. The number of allylic oxidation sites excluding steroid dienone is 1. The van der Waals surface area contributed by atoms with Crippen LogP contribution in [0.15, 0.2) is 10.2 Å². The maximum absolute atomic E-state index is 11.2. The van der Waals surface area contributed by atoms with Gasteiger partial charge in [-0.25, -0.2) is 0 Å². The molecule has 0 saturated heterocycles. The number of esters is 1. The Labute approximate surface area is 149 Å². The van der Waals surface area contributed by atoms with Gasteiger partial charge < -0.3 is 0 Å². The minimum absolute atomic E-state index is 0.0756. The molecule has 0 aromatic heterocycles. The van der Waals surface area contributed by atoms with Crippen LogP contribution in [0.1, 0.15) is 85.0 Å². The molecule has 3 heteroatoms. The van der Waals surface area contributed by atoms with E-state index in [1.807, 2.05) is 0 Å². The summed E-state index contributed by atoms with van der Waals surface area (Å²) in [4.78, 5) is 11.2. The van der Waals surface area contributed by atoms with Crippen molar-refractivity contribution in [1.82, 2.24) is 0 Å². The molecule has 2 nitrogen and oxygen atoms in total. The molecule has 0 rings (SSSR count). The van der Waals surface area contributed by atoms with E-state index in [-0.39, 0.29) is 5.97 Å². The van der Waals surface area contributed by atoms with Crippen LogP contribution in [0.4, 0.5) is 0 Å². The predicted molar refractivity (Wildman–Crippen MR) is 105 cm³/mol. The molecule has 0 amide bonds. The second-order valence-electron chi connectivity index (χ2n) is 6.98. The van der Waals surface area contributed by atoms with Crippen molar-refractivity contribution in [3.8, 4) is 0 Å². The first-order valence-electron chi connectivity index (χ1n) is 9.81. The number of ether oxygens (including phenoxy) is 1. The molecule has 0 atom stereocenters. The number of methoxy groups -OCH3 is 1. The SMILES string of the molecule is C=[C](CCCCC(=O)OC)[Sn]([CH2]CCC)([CH2]CCC)[CH2]CCC. The van der Waals surface area contributed by atoms with Crippen molar-refractivity contribution < 1.29 is 9.53 Å². The first kappa shape index (κ1) is 23.0. The Balaban J connectivity index is 4.69. The van der Waals surface area contributed by atoms with Gasteiger partial charge in [0.15, 0.2) is 0 Å². The number of unbranched alkanes of at least 4 members (excludes halogenated alkanes) is 4. The Morgan fingerprint density at radius 3 is 1.65 bits per heavy atom. The van der Waals surface area contributed by atoms with E-state index in [1.165, 1.54) is 58.9 Å². The van der Waals surface area contributed by atoms with E-state index in [2.05, 4.69) is 27.4 Å². The third kappa shape index (κ3) is 9.78. The monoisotopic (exact) mass is 432 g/mol. The number of carbonyl (C=O) groups excluding carboxylic acids is 1. The van der Waals surface area contributed by atoms with Gasteiger partial charge in [-0.1, -0.05) is 0 Å². The van der Waals surface area contributed by atoms with Gasteiger partial charge in [0.2, 0.25) is 0 Å². The van der Waals surface area contributed by atoms with Crippen molar-refractivity contribution in [2.24, 2.45) is 0 Å². The molecule has 0 aromatic rings. The van der Waals surface area contributed by atoms with Crippen LogP contribution < -0.4 is 0 Å². The van der Waals surface area contributed by atoms with Gasteiger partial charge in [0.1, 0.15) is 0 Å². The summed E-state index contributed by atoms with van der Waals surface area (Å²) in [5.41, 5.74) is 0. The van der Waals surface area contributed by atoms with E-state index < -0.39 is 18.4 Å². The molecule has 0 aliphatic rings. The van der Waals surface area contributed by atoms with E-state index in [4.69, 9.17) is 4.74 Å². The van der Waals surface area contributed by atoms with Crippen LogP contribution in [0, 0.1) is 0 Å². The topological polar surface area (TPSA) is 26.3 Å². The summed E-state index contributed by atoms with van der Waals surface area (Å²) in [5.74, 6) is -0.0756. The van der Waals surface area contributed by atoms with Gasteiger partial charge in [0.25, 0.3) is 0 Å². The fourth-order valence-corrected chi connectivity index (χ4v) is 19.4. The average Bonchev–Trinajstić information content (AvgIpc) is 2.57. The third-order valence-corrected chi connectivity index (χ3v) is 21.3. The fraction of sp³-hybridized carbons (Fsp3) is 0.850. The molecule has 0 aliphatic carbocycles. The standard InChI is InChI=1S/C8H13O2.3C4H9.Sn/c1-3-4-5-6-7-8(9)10-2;3*1-3-4-2;/h1,4-7H2,2H3;3*1,3-4H2,2H3;. The number of carbonyl (C=O) groups is 1. The molecular weight excluding hydrogens is 391 g/mol. The zero-order valence-corrected chi connectivity index (χ0v) is 19.1. The summed E-state index contributed by atoms with van der Waals surface area (Å²) in [6, 6.07) is 0. The molecule has 0 unspecified atom stereocenters. The van der Waals surface area contributed by atoms with Crippen molar-refractivity contribution in [3.05, 3.63) is 10.2 Å². The van der Waals surface area contributed by atoms with Crippen LogP contribution in [0.25, 0.3) is 0 Å². The number of rotatable bonds is 15. The molecule has 23 heavy (non-hydrogen) atoms. The molecule has 0 radical (unpaired) electrons. The van der Waals surface area contributed by atoms with Crippen LogP contribution >= 0.6 is 0 Å². The molecule has 0 saturated carbocycles. The molecule has 0 fully saturated rings. The summed E-state index contributed by atoms with van der Waals surface area (Å²) in [5, 5.41) is 0. The Bertz CT molecular complexity index is 304. The van der Waals surface area contributed by atoms with Crippen LogP contribution in [0.2, 0.25) is 13.3 Å². The van der Waals surface area contributed by atoms with Crippen LogP contribution in [-0.2, 0) is 9.53 Å². The number of hydrogen-bond donors (Lipinski definition) is 0. The van der Waals surface area contributed by atoms with E-state index >= 15 is 0 Å². The van der Waals surface area contributed by atoms with E-state index in [1.54, 1.807) is 3.59 Å². The van der Waals surface area contributed by atoms with Gasteiger partial charge in [-0.3, -0.25) is 0 Å². The van der Waals surface area contributed by atoms with E-state index in [0.717, 1.165) is 19.3 Å². The van der Waals surface area contributed by atoms with Crippen LogP contribution in [0.3, 0.4) is 0 Å². The van der Waals surface area contributed by atoms with Crippen molar-refractivity contribution in [2.75, 3.05) is 7.11 Å². The van der Waals surface area contributed by atoms with Gasteiger partial charge in [-0.15, -0.1) is 0 Å². The normalized spacial score (nSPS) is 11.5. The second kappa shape index (κ2) is 14.4.